The van der Waals surface area contributed by atoms with E-state index in [1.54, 1.807) is 6.07 Å². The minimum atomic E-state index is -3.95. The molecule has 5 nitrogen and oxygen atoms in total. The summed E-state index contributed by atoms with van der Waals surface area (Å²) >= 11 is 0. The number of phenols is 1. The van der Waals surface area contributed by atoms with E-state index in [0.29, 0.717) is 44.7 Å². The number of para-hydroxylation sites is 1. The molecule has 74 heavy (non-hydrogen) atoms. The Balaban J connectivity index is 0.00000941. The van der Waals surface area contributed by atoms with Gasteiger partial charge in [0.15, 0.2) is 0 Å². The molecule has 0 unspecified atom stereocenters. The Morgan fingerprint density at radius 1 is 0.554 bits per heavy atom. The first-order valence-electron chi connectivity index (χ1n) is 31.8. The number of aromatic nitrogens is 3. The molecule has 10 aromatic rings. The average Bonchev–Trinajstić information content (AvgIpc) is 1.57. The van der Waals surface area contributed by atoms with E-state index in [1.165, 1.54) is 0 Å². The molecular weight excluding hydrogens is 1090 g/mol. The first kappa shape index (κ1) is 35.8. The van der Waals surface area contributed by atoms with Gasteiger partial charge >= 0.3 is 0 Å². The summed E-state index contributed by atoms with van der Waals surface area (Å²) in [6.45, 7) is 2.96. The van der Waals surface area contributed by atoms with Crippen LogP contribution in [-0.4, -0.2) is 24.7 Å². The second-order valence-corrected chi connectivity index (χ2v) is 20.1. The van der Waals surface area contributed by atoms with Crippen LogP contribution in [0.3, 0.4) is 0 Å². The van der Waals surface area contributed by atoms with Crippen LogP contribution in [0.15, 0.2) is 182 Å². The molecule has 8 aromatic carbocycles. The van der Waals surface area contributed by atoms with Crippen LogP contribution in [0, 0.1) is 6.07 Å². The van der Waals surface area contributed by atoms with E-state index in [4.69, 9.17) is 22.8 Å². The molecule has 0 atom stereocenters. The van der Waals surface area contributed by atoms with E-state index in [2.05, 4.69) is 86.6 Å². The van der Waals surface area contributed by atoms with Gasteiger partial charge in [0.1, 0.15) is 17.3 Å². The molecule has 0 fully saturated rings. The maximum Gasteiger partial charge on any atom is 0.148 e. The number of aromatic hydroxyl groups is 2. The number of hydrogen-bond acceptors (Lipinski definition) is 4. The quantitative estimate of drug-likeness (QED) is 0.134. The van der Waals surface area contributed by atoms with Crippen molar-refractivity contribution >= 4 is 11.0 Å². The summed E-state index contributed by atoms with van der Waals surface area (Å²) in [5.74, 6) is -0.446. The molecule has 2 N–H and O–H groups in total. The summed E-state index contributed by atoms with van der Waals surface area (Å²) in [5, 5.41) is 25.2. The Labute approximate surface area is 473 Å². The van der Waals surface area contributed by atoms with Crippen molar-refractivity contribution in [2.75, 3.05) is 0 Å². The van der Waals surface area contributed by atoms with E-state index >= 15 is 0 Å². The second kappa shape index (κ2) is 20.5. The van der Waals surface area contributed by atoms with E-state index in [-0.39, 0.29) is 49.6 Å². The number of imidazole rings is 1. The molecule has 374 valence electrons. The average molecular weight is 1170 g/mol. The zero-order chi connectivity index (χ0) is 64.1. The van der Waals surface area contributed by atoms with Crippen molar-refractivity contribution in [3.05, 3.63) is 210 Å². The number of hydrogen-bond donors (Lipinski definition) is 2. The predicted molar refractivity (Wildman–Crippen MR) is 305 cm³/mol. The maximum atomic E-state index is 12.6. The van der Waals surface area contributed by atoms with Gasteiger partial charge in [0.25, 0.3) is 0 Å². The van der Waals surface area contributed by atoms with Gasteiger partial charge in [-0.25, -0.2) is 4.98 Å². The summed E-state index contributed by atoms with van der Waals surface area (Å²) in [6, 6.07) is 44.6. The summed E-state index contributed by atoms with van der Waals surface area (Å²) in [4.78, 5) is 9.97. The minimum Gasteiger partial charge on any atom is -0.513 e. The van der Waals surface area contributed by atoms with Crippen LogP contribution in [0.1, 0.15) is 124 Å². The predicted octanol–water partition coefficient (Wildman–Crippen LogP) is 18.1. The number of benzene rings is 8. The number of pyridine rings is 1. The Kier molecular flexibility index (Phi) is 9.92. The van der Waals surface area contributed by atoms with E-state index in [9.17, 15) is 13.0 Å². The normalized spacial score (nSPS) is 15.3. The van der Waals surface area contributed by atoms with Crippen LogP contribution in [0.25, 0.3) is 95.0 Å². The Bertz CT molecular complexity index is 4300. The zero-order valence-corrected chi connectivity index (χ0v) is 44.3. The summed E-state index contributed by atoms with van der Waals surface area (Å²) in [5.41, 5.74) is 3.48. The molecule has 2 heterocycles. The largest absolute Gasteiger partial charge is 0.513 e. The number of fused-ring (bicyclic) bond motifs is 1. The molecule has 0 saturated heterocycles. The number of phenolic OH excluding ortho intramolecular Hbond substituents is 1. The number of nitrogens with zero attached hydrogens (tertiary/aromatic N) is 3. The smallest absolute Gasteiger partial charge is 0.148 e. The van der Waals surface area contributed by atoms with Gasteiger partial charge in [-0.05, 0) is 103 Å². The van der Waals surface area contributed by atoms with Gasteiger partial charge in [0.2, 0.25) is 0 Å². The Morgan fingerprint density at radius 2 is 1.18 bits per heavy atom. The summed E-state index contributed by atoms with van der Waals surface area (Å²) in [7, 11) is 0. The van der Waals surface area contributed by atoms with Crippen LogP contribution in [0.4, 0.5) is 0 Å². The fourth-order valence-corrected chi connectivity index (χ4v) is 9.47. The maximum absolute atomic E-state index is 12.6. The van der Waals surface area contributed by atoms with Gasteiger partial charge in [-0.3, -0.25) is 9.55 Å². The van der Waals surface area contributed by atoms with Gasteiger partial charge in [0.05, 0.1) is 30.5 Å². The molecule has 0 aliphatic rings. The van der Waals surface area contributed by atoms with E-state index in [0.717, 1.165) is 44.6 Å². The fourth-order valence-electron chi connectivity index (χ4n) is 9.47. The number of rotatable bonds is 10. The third-order valence-electron chi connectivity index (χ3n) is 13.3. The Hall–Kier alpha value is -7.33. The SMILES string of the molecule is [2H]c1nc(-c2[c-]c(-c3cccc4c3nc(-c3cc(C(C)C)cc(C(C)C)c3O)n4-c3cc(-c4ccccc4)c(C(C)(C)C)cc3-c3ccccc3)cc(-c3ccccc3)c2)c(O)c(-c2c([2H])c([2H])c(C(C([2H])([2H])[2H])(C([2H])([2H])[2H])C([2H])([2H])[2H])c([2H])c2[2H])c1[2H].[Pt]. The van der Waals surface area contributed by atoms with Gasteiger partial charge in [0, 0.05) is 56.4 Å². The molecule has 0 aliphatic heterocycles. The van der Waals surface area contributed by atoms with Crippen molar-refractivity contribution in [3.8, 4) is 95.5 Å². The third-order valence-corrected chi connectivity index (χ3v) is 13.3. The van der Waals surface area contributed by atoms with Crippen molar-refractivity contribution < 1.29 is 51.8 Å². The van der Waals surface area contributed by atoms with Gasteiger partial charge < -0.3 is 10.2 Å². The van der Waals surface area contributed by atoms with Gasteiger partial charge in [-0.1, -0.05) is 219 Å². The van der Waals surface area contributed by atoms with Crippen molar-refractivity contribution in [2.24, 2.45) is 0 Å². The van der Waals surface area contributed by atoms with E-state index < -0.39 is 90.5 Å². The molecule has 10 rings (SSSR count). The minimum absolute atomic E-state index is 0. The molecule has 0 aliphatic carbocycles. The van der Waals surface area contributed by atoms with Crippen LogP contribution < -0.4 is 0 Å². The topological polar surface area (TPSA) is 71.2 Å². The standard InChI is InChI=1S/C68H64N3O2.Pt/c1-42(2)48-38-55(43(3)4)64(72)58(39-48)66-70-63-53(27-20-28-60(63)71(66)61-41-56(45-23-16-12-17-24-45)59(68(8,9)10)40-57(61)46-25-18-13-19-26-46)50-35-49(44-21-14-11-15-22-44)36-51(37-50)62-65(73)54(33-34-69-62)47-29-31-52(32-30-47)67(5,6)7;/h11-36,38-43,72-73H,1-10H3;/q-1;/i5D3,6D3,7D3,29D,30D,31D,32D,33D,34D;. The van der Waals surface area contributed by atoms with Crippen LogP contribution in [0.2, 0.25) is 0 Å². The van der Waals surface area contributed by atoms with Crippen LogP contribution in [0.5, 0.6) is 11.5 Å². The molecule has 0 amide bonds. The van der Waals surface area contributed by atoms with Gasteiger partial charge in [-0.15, -0.1) is 23.8 Å². The molecule has 6 heteroatoms. The fraction of sp³-hybridized carbons (Fsp3) is 0.206. The molecule has 0 saturated carbocycles. The van der Waals surface area contributed by atoms with Crippen LogP contribution >= 0.6 is 0 Å². The monoisotopic (exact) mass is 1160 g/mol. The first-order chi connectivity index (χ1) is 41.2. The molecule has 0 bridgehead atoms. The molecular formula is C68H64N3O2Pt-. The van der Waals surface area contributed by atoms with Crippen molar-refractivity contribution in [1.82, 2.24) is 14.5 Å². The molecule has 0 spiro atoms. The molecule has 0 radical (unpaired) electrons. The van der Waals surface area contributed by atoms with Crippen LogP contribution in [-0.2, 0) is 31.9 Å². The summed E-state index contributed by atoms with van der Waals surface area (Å²) < 4.78 is 132. The van der Waals surface area contributed by atoms with Crippen molar-refractivity contribution in [3.63, 3.8) is 0 Å². The van der Waals surface area contributed by atoms with Gasteiger partial charge in [-0.2, -0.15) is 0 Å². The third kappa shape index (κ3) is 9.91. The van der Waals surface area contributed by atoms with Crippen molar-refractivity contribution in [1.29, 1.82) is 0 Å². The zero-order valence-electron chi connectivity index (χ0n) is 57.1. The van der Waals surface area contributed by atoms with Crippen molar-refractivity contribution in [2.45, 2.75) is 91.7 Å². The summed E-state index contributed by atoms with van der Waals surface area (Å²) in [6.07, 6.45) is -0.804. The Morgan fingerprint density at radius 3 is 1.78 bits per heavy atom. The molecule has 2 aromatic heterocycles. The second-order valence-electron chi connectivity index (χ2n) is 20.1. The first-order valence-corrected chi connectivity index (χ1v) is 24.3. The van der Waals surface area contributed by atoms with E-state index in [1.807, 2.05) is 117 Å².